The highest BCUT2D eigenvalue weighted by Crippen LogP contribution is 2.39. The fraction of sp³-hybridized carbons (Fsp3) is 0.276. The molecule has 0 atom stereocenters. The monoisotopic (exact) mass is 545 g/mol. The van der Waals surface area contributed by atoms with Crippen LogP contribution in [-0.4, -0.2) is 50.2 Å². The zero-order valence-corrected chi connectivity index (χ0v) is 22.6. The molecule has 1 aliphatic heterocycles. The van der Waals surface area contributed by atoms with Crippen molar-refractivity contribution in [3.05, 3.63) is 71.8 Å². The van der Waals surface area contributed by atoms with Crippen molar-refractivity contribution in [2.75, 3.05) is 54.7 Å². The van der Waals surface area contributed by atoms with Gasteiger partial charge in [0.25, 0.3) is 5.91 Å². The Balaban J connectivity index is 1.16. The van der Waals surface area contributed by atoms with Crippen molar-refractivity contribution in [2.45, 2.75) is 19.3 Å². The molecule has 0 bridgehead atoms. The van der Waals surface area contributed by atoms with Crippen molar-refractivity contribution >= 4 is 55.6 Å². The van der Waals surface area contributed by atoms with Gasteiger partial charge >= 0.3 is 0 Å². The predicted octanol–water partition coefficient (Wildman–Crippen LogP) is 4.94. The number of benzene rings is 3. The Morgan fingerprint density at radius 1 is 1.05 bits per heavy atom. The van der Waals surface area contributed by atoms with E-state index in [9.17, 15) is 9.59 Å². The topological polar surface area (TPSA) is 119 Å². The number of fused-ring (bicyclic) bond motifs is 1. The average Bonchev–Trinajstić information content (AvgIpc) is 3.38. The number of nitrogens with zero attached hydrogens (tertiary/aromatic N) is 2. The van der Waals surface area contributed by atoms with Crippen molar-refractivity contribution in [1.29, 1.82) is 0 Å². The van der Waals surface area contributed by atoms with Crippen LogP contribution >= 0.6 is 11.3 Å². The number of carbonyl (C=O) groups is 2. The summed E-state index contributed by atoms with van der Waals surface area (Å²) in [7, 11) is 1.62. The second-order valence-corrected chi connectivity index (χ2v) is 10.2. The predicted molar refractivity (Wildman–Crippen MR) is 156 cm³/mol. The summed E-state index contributed by atoms with van der Waals surface area (Å²) in [6, 6.07) is 18.5. The largest absolute Gasteiger partial charge is 0.494 e. The lowest BCUT2D eigenvalue weighted by atomic mass is 10.1. The van der Waals surface area contributed by atoms with Crippen molar-refractivity contribution in [2.24, 2.45) is 0 Å². The summed E-state index contributed by atoms with van der Waals surface area (Å²) in [5.41, 5.74) is 10.4. The van der Waals surface area contributed by atoms with Crippen molar-refractivity contribution < 1.29 is 19.1 Å². The van der Waals surface area contributed by atoms with Gasteiger partial charge in [0.2, 0.25) is 5.91 Å². The maximum atomic E-state index is 12.7. The number of morpholine rings is 1. The fourth-order valence-corrected chi connectivity index (χ4v) is 5.54. The summed E-state index contributed by atoms with van der Waals surface area (Å²) in [5.74, 6) is 0.378. The molecule has 10 heteroatoms. The van der Waals surface area contributed by atoms with Gasteiger partial charge in [0, 0.05) is 25.1 Å². The molecule has 1 aromatic heterocycles. The lowest BCUT2D eigenvalue weighted by Gasteiger charge is -2.29. The molecule has 0 aliphatic carbocycles. The fourth-order valence-electron chi connectivity index (χ4n) is 4.50. The molecule has 4 N–H and O–H groups in total. The molecule has 1 fully saturated rings. The van der Waals surface area contributed by atoms with Gasteiger partial charge in [-0.2, -0.15) is 0 Å². The normalized spacial score (nSPS) is 13.3. The van der Waals surface area contributed by atoms with E-state index in [0.717, 1.165) is 41.0 Å². The highest BCUT2D eigenvalue weighted by atomic mass is 32.1. The van der Waals surface area contributed by atoms with Crippen LogP contribution in [0.3, 0.4) is 0 Å². The van der Waals surface area contributed by atoms with E-state index in [2.05, 4.69) is 20.5 Å². The van der Waals surface area contributed by atoms with E-state index in [-0.39, 0.29) is 11.8 Å². The average molecular weight is 546 g/mol. The Morgan fingerprint density at radius 3 is 2.56 bits per heavy atom. The molecule has 39 heavy (non-hydrogen) atoms. The number of ether oxygens (including phenoxy) is 2. The molecule has 0 unspecified atom stereocenters. The van der Waals surface area contributed by atoms with E-state index in [1.165, 1.54) is 11.3 Å². The molecule has 0 radical (unpaired) electrons. The van der Waals surface area contributed by atoms with Gasteiger partial charge in [0.05, 0.1) is 42.1 Å². The number of rotatable bonds is 9. The van der Waals surface area contributed by atoms with Crippen LogP contribution in [0.25, 0.3) is 10.2 Å². The van der Waals surface area contributed by atoms with E-state index < -0.39 is 0 Å². The molecule has 9 nitrogen and oxygen atoms in total. The van der Waals surface area contributed by atoms with Gasteiger partial charge in [-0.25, -0.2) is 4.98 Å². The van der Waals surface area contributed by atoms with Gasteiger partial charge in [-0.1, -0.05) is 35.6 Å². The number of thiazole rings is 1. The van der Waals surface area contributed by atoms with Gasteiger partial charge in [0.1, 0.15) is 11.3 Å². The molecule has 1 aliphatic rings. The van der Waals surface area contributed by atoms with Crippen LogP contribution in [0.5, 0.6) is 5.75 Å². The Hall–Kier alpha value is -4.15. The molecule has 202 valence electrons. The van der Waals surface area contributed by atoms with Crippen LogP contribution in [0, 0.1) is 0 Å². The third-order valence-electron chi connectivity index (χ3n) is 6.60. The quantitative estimate of drug-likeness (QED) is 0.255. The van der Waals surface area contributed by atoms with Crippen LogP contribution in [0.2, 0.25) is 0 Å². The summed E-state index contributed by atoms with van der Waals surface area (Å²) in [6.45, 7) is 3.01. The zero-order valence-electron chi connectivity index (χ0n) is 21.7. The molecule has 5 rings (SSSR count). The number of nitrogens with one attached hydrogen (secondary N) is 2. The molecule has 2 amide bonds. The Kier molecular flexibility index (Phi) is 8.24. The summed E-state index contributed by atoms with van der Waals surface area (Å²) in [4.78, 5) is 32.2. The molecule has 0 saturated carbocycles. The summed E-state index contributed by atoms with van der Waals surface area (Å²) >= 11 is 1.46. The number of aryl methyl sites for hydroxylation is 1. The van der Waals surface area contributed by atoms with Crippen LogP contribution < -0.4 is 26.0 Å². The summed E-state index contributed by atoms with van der Waals surface area (Å²) in [6.07, 6.45) is 1.75. The molecular weight excluding hydrogens is 514 g/mol. The van der Waals surface area contributed by atoms with Crippen LogP contribution in [0.15, 0.2) is 60.7 Å². The molecule has 4 aromatic rings. The second kappa shape index (κ2) is 12.1. The third-order valence-corrected chi connectivity index (χ3v) is 7.59. The van der Waals surface area contributed by atoms with E-state index in [1.54, 1.807) is 31.4 Å². The zero-order chi connectivity index (χ0) is 27.2. The highest BCUT2D eigenvalue weighted by Gasteiger charge is 2.20. The first-order valence-corrected chi connectivity index (χ1v) is 13.7. The maximum absolute atomic E-state index is 12.7. The number of hydrogen-bond donors (Lipinski definition) is 3. The van der Waals surface area contributed by atoms with Crippen LogP contribution in [-0.2, 0) is 16.0 Å². The number of amides is 2. The number of carbonyl (C=O) groups excluding carboxylic acids is 2. The SMILES string of the molecule is COc1ccc(N2CCOCC2)c2sc(NC(=O)CCCc3ccc(C(=O)Nc4ccccc4N)cc3)nc12. The first kappa shape index (κ1) is 26.5. The number of aromatic nitrogens is 1. The lowest BCUT2D eigenvalue weighted by Crippen LogP contribution is -2.36. The van der Waals surface area contributed by atoms with Gasteiger partial charge in [-0.15, -0.1) is 0 Å². The van der Waals surface area contributed by atoms with Gasteiger partial charge < -0.3 is 30.7 Å². The second-order valence-electron chi connectivity index (χ2n) is 9.22. The van der Waals surface area contributed by atoms with Gasteiger partial charge in [-0.05, 0) is 54.8 Å². The minimum Gasteiger partial charge on any atom is -0.494 e. The van der Waals surface area contributed by atoms with E-state index >= 15 is 0 Å². The van der Waals surface area contributed by atoms with Gasteiger partial charge in [0.15, 0.2) is 5.13 Å². The minimum atomic E-state index is -0.219. The third kappa shape index (κ3) is 6.30. The number of nitrogens with two attached hydrogens (primary N) is 1. The number of para-hydroxylation sites is 2. The highest BCUT2D eigenvalue weighted by molar-refractivity contribution is 7.23. The first-order valence-electron chi connectivity index (χ1n) is 12.9. The van der Waals surface area contributed by atoms with E-state index in [4.69, 9.17) is 15.2 Å². The molecule has 2 heterocycles. The van der Waals surface area contributed by atoms with Gasteiger partial charge in [-0.3, -0.25) is 9.59 Å². The van der Waals surface area contributed by atoms with Crippen molar-refractivity contribution in [3.63, 3.8) is 0 Å². The summed E-state index contributed by atoms with van der Waals surface area (Å²) < 4.78 is 12.0. The van der Waals surface area contributed by atoms with Crippen molar-refractivity contribution in [1.82, 2.24) is 4.98 Å². The molecule has 3 aromatic carbocycles. The minimum absolute atomic E-state index is 0.0857. The smallest absolute Gasteiger partial charge is 0.255 e. The number of hydrogen-bond acceptors (Lipinski definition) is 8. The number of nitrogen functional groups attached to an aromatic ring is 1. The van der Waals surface area contributed by atoms with E-state index in [0.29, 0.717) is 53.9 Å². The molecule has 0 spiro atoms. The van der Waals surface area contributed by atoms with E-state index in [1.807, 2.05) is 36.4 Å². The Morgan fingerprint density at radius 2 is 1.82 bits per heavy atom. The first-order chi connectivity index (χ1) is 19.0. The maximum Gasteiger partial charge on any atom is 0.255 e. The molecule has 1 saturated heterocycles. The lowest BCUT2D eigenvalue weighted by molar-refractivity contribution is -0.116. The number of anilines is 4. The molecular formula is C29H31N5O4S. The van der Waals surface area contributed by atoms with Crippen molar-refractivity contribution in [3.8, 4) is 5.75 Å². The number of methoxy groups -OCH3 is 1. The Labute approximate surface area is 230 Å². The summed E-state index contributed by atoms with van der Waals surface area (Å²) in [5, 5.41) is 6.34. The van der Waals surface area contributed by atoms with Crippen LogP contribution in [0.4, 0.5) is 22.2 Å². The standard InChI is InChI=1S/C29H31N5O4S/c1-37-24-14-13-23(34-15-17-38-18-16-34)27-26(24)33-29(39-27)32-25(35)8-4-5-19-9-11-20(12-10-19)28(36)31-22-7-3-2-6-21(22)30/h2-3,6-7,9-14H,4-5,8,15-18,30H2,1H3,(H,31,36)(H,32,33,35). The van der Waals surface area contributed by atoms with Crippen LogP contribution in [0.1, 0.15) is 28.8 Å². The Bertz CT molecular complexity index is 1460.